The van der Waals surface area contributed by atoms with Gasteiger partial charge < -0.3 is 15.5 Å². The Morgan fingerprint density at radius 3 is 2.52 bits per heavy atom. The molecule has 0 radical (unpaired) electrons. The van der Waals surface area contributed by atoms with Crippen molar-refractivity contribution in [1.29, 1.82) is 0 Å². The molecule has 1 aliphatic rings. The predicted octanol–water partition coefficient (Wildman–Crippen LogP) is 3.08. The van der Waals surface area contributed by atoms with E-state index in [0.717, 1.165) is 25.7 Å². The van der Waals surface area contributed by atoms with Crippen LogP contribution < -0.4 is 10.6 Å². The Balaban J connectivity index is 1.98. The summed E-state index contributed by atoms with van der Waals surface area (Å²) < 4.78 is 27.3. The zero-order chi connectivity index (χ0) is 15.2. The fourth-order valence-corrected chi connectivity index (χ4v) is 2.67. The highest BCUT2D eigenvalue weighted by Crippen LogP contribution is 2.20. The number of aromatic nitrogens is 1. The lowest BCUT2D eigenvalue weighted by Crippen LogP contribution is -2.38. The van der Waals surface area contributed by atoms with Crippen molar-refractivity contribution in [3.8, 4) is 0 Å². The van der Waals surface area contributed by atoms with Crippen LogP contribution in [-0.2, 0) is 0 Å². The van der Waals surface area contributed by atoms with Gasteiger partial charge in [0.15, 0.2) is 23.3 Å². The van der Waals surface area contributed by atoms with Crippen LogP contribution in [0.4, 0.5) is 20.4 Å². The molecule has 1 aromatic heterocycles. The van der Waals surface area contributed by atoms with Crippen LogP contribution in [0.5, 0.6) is 0 Å². The van der Waals surface area contributed by atoms with E-state index in [2.05, 4.69) is 20.5 Å². The van der Waals surface area contributed by atoms with Crippen molar-refractivity contribution >= 4 is 11.6 Å². The van der Waals surface area contributed by atoms with Gasteiger partial charge in [-0.25, -0.2) is 13.8 Å². The lowest BCUT2D eigenvalue weighted by Gasteiger charge is -2.29. The molecule has 2 heterocycles. The van der Waals surface area contributed by atoms with Crippen molar-refractivity contribution in [2.75, 3.05) is 36.8 Å². The van der Waals surface area contributed by atoms with Gasteiger partial charge in [0.1, 0.15) is 0 Å². The normalized spacial score (nSPS) is 17.5. The number of hydrogen-bond donors (Lipinski definition) is 2. The number of rotatable bonds is 6. The molecule has 1 saturated heterocycles. The quantitative estimate of drug-likeness (QED) is 0.847. The van der Waals surface area contributed by atoms with E-state index >= 15 is 0 Å². The van der Waals surface area contributed by atoms with Crippen LogP contribution in [-0.4, -0.2) is 42.1 Å². The van der Waals surface area contributed by atoms with Gasteiger partial charge in [0.2, 0.25) is 0 Å². The van der Waals surface area contributed by atoms with E-state index in [-0.39, 0.29) is 17.7 Å². The van der Waals surface area contributed by atoms with Crippen molar-refractivity contribution < 1.29 is 8.78 Å². The second-order valence-corrected chi connectivity index (χ2v) is 5.59. The average molecular weight is 298 g/mol. The highest BCUT2D eigenvalue weighted by molar-refractivity contribution is 5.47. The molecule has 0 bridgehead atoms. The average Bonchev–Trinajstić information content (AvgIpc) is 2.45. The minimum Gasteiger partial charge on any atom is -0.368 e. The second-order valence-electron chi connectivity index (χ2n) is 5.59. The Labute approximate surface area is 124 Å². The summed E-state index contributed by atoms with van der Waals surface area (Å²) in [5.41, 5.74) is 0. The monoisotopic (exact) mass is 298 g/mol. The maximum absolute atomic E-state index is 13.8. The van der Waals surface area contributed by atoms with Gasteiger partial charge in [0.05, 0.1) is 0 Å². The first-order valence-corrected chi connectivity index (χ1v) is 7.69. The summed E-state index contributed by atoms with van der Waals surface area (Å²) in [6.07, 6.45) is 3.74. The molecule has 0 aliphatic carbocycles. The number of likely N-dealkylation sites (tertiary alicyclic amines) is 1. The van der Waals surface area contributed by atoms with Crippen molar-refractivity contribution in [2.24, 2.45) is 0 Å². The lowest BCUT2D eigenvalue weighted by molar-refractivity contribution is 0.223. The van der Waals surface area contributed by atoms with Crippen LogP contribution in [0.3, 0.4) is 0 Å². The number of piperidine rings is 1. The molecule has 2 N–H and O–H groups in total. The first kappa shape index (κ1) is 15.9. The Bertz CT molecular complexity index is 461. The van der Waals surface area contributed by atoms with Gasteiger partial charge in [-0.15, -0.1) is 0 Å². The van der Waals surface area contributed by atoms with Crippen LogP contribution in [0.25, 0.3) is 0 Å². The molecule has 6 heteroatoms. The number of nitrogens with one attached hydrogen (secondary N) is 2. The summed E-state index contributed by atoms with van der Waals surface area (Å²) in [7, 11) is 0. The zero-order valence-electron chi connectivity index (χ0n) is 12.8. The third-order valence-corrected chi connectivity index (χ3v) is 3.64. The number of anilines is 2. The summed E-state index contributed by atoms with van der Waals surface area (Å²) >= 11 is 0. The fraction of sp³-hybridized carbons (Fsp3) is 0.667. The maximum Gasteiger partial charge on any atom is 0.168 e. The molecule has 1 unspecified atom stereocenters. The molecular formula is C15H24F2N4. The van der Waals surface area contributed by atoms with Crippen LogP contribution >= 0.6 is 0 Å². The molecule has 0 amide bonds. The Morgan fingerprint density at radius 2 is 1.86 bits per heavy atom. The molecule has 0 spiro atoms. The van der Waals surface area contributed by atoms with E-state index in [4.69, 9.17) is 0 Å². The van der Waals surface area contributed by atoms with E-state index in [1.165, 1.54) is 19.3 Å². The number of nitrogens with zero attached hydrogens (tertiary/aromatic N) is 2. The van der Waals surface area contributed by atoms with Crippen LogP contribution in [0.1, 0.15) is 33.1 Å². The fourth-order valence-electron chi connectivity index (χ4n) is 2.67. The summed E-state index contributed by atoms with van der Waals surface area (Å²) in [6.45, 7) is 7.40. The van der Waals surface area contributed by atoms with Gasteiger partial charge in [-0.1, -0.05) is 6.42 Å². The molecule has 118 valence electrons. The predicted molar refractivity (Wildman–Crippen MR) is 81.7 cm³/mol. The molecule has 1 atom stereocenters. The SMILES string of the molecule is CCNc1nc(NC(C)CN2CCCCC2)c(F)cc1F. The molecule has 0 saturated carbocycles. The van der Waals surface area contributed by atoms with Gasteiger partial charge in [0, 0.05) is 25.2 Å². The number of hydrogen-bond acceptors (Lipinski definition) is 4. The number of halogens is 2. The van der Waals surface area contributed by atoms with Crippen LogP contribution in [0.15, 0.2) is 6.07 Å². The molecule has 1 fully saturated rings. The standard InChI is InChI=1S/C15H24F2N4/c1-3-18-14-12(16)9-13(17)15(20-14)19-11(2)10-21-7-5-4-6-8-21/h9,11H,3-8,10H2,1-2H3,(H2,18,19,20). The van der Waals surface area contributed by atoms with E-state index in [0.29, 0.717) is 6.54 Å². The first-order chi connectivity index (χ1) is 10.1. The summed E-state index contributed by atoms with van der Waals surface area (Å²) in [6, 6.07) is 0.936. The Hall–Kier alpha value is -1.43. The highest BCUT2D eigenvalue weighted by Gasteiger charge is 2.16. The van der Waals surface area contributed by atoms with Gasteiger partial charge >= 0.3 is 0 Å². The zero-order valence-corrected chi connectivity index (χ0v) is 12.8. The van der Waals surface area contributed by atoms with Gasteiger partial charge in [-0.05, 0) is 39.8 Å². The topological polar surface area (TPSA) is 40.2 Å². The van der Waals surface area contributed by atoms with E-state index in [1.807, 2.05) is 13.8 Å². The van der Waals surface area contributed by atoms with Crippen LogP contribution in [0.2, 0.25) is 0 Å². The third-order valence-electron chi connectivity index (χ3n) is 3.64. The largest absolute Gasteiger partial charge is 0.368 e. The highest BCUT2D eigenvalue weighted by atomic mass is 19.1. The molecule has 21 heavy (non-hydrogen) atoms. The van der Waals surface area contributed by atoms with Crippen LogP contribution in [0, 0.1) is 11.6 Å². The van der Waals surface area contributed by atoms with E-state index in [1.54, 1.807) is 0 Å². The lowest BCUT2D eigenvalue weighted by atomic mass is 10.1. The first-order valence-electron chi connectivity index (χ1n) is 7.69. The van der Waals surface area contributed by atoms with Gasteiger partial charge in [-0.2, -0.15) is 0 Å². The Kier molecular flexibility index (Phi) is 5.73. The maximum atomic E-state index is 13.8. The van der Waals surface area contributed by atoms with Gasteiger partial charge in [0.25, 0.3) is 0 Å². The molecule has 2 rings (SSSR count). The summed E-state index contributed by atoms with van der Waals surface area (Å²) in [5, 5.41) is 5.84. The van der Waals surface area contributed by atoms with E-state index in [9.17, 15) is 8.78 Å². The minimum absolute atomic E-state index is 0.0602. The summed E-state index contributed by atoms with van der Waals surface area (Å²) in [5.74, 6) is -1.12. The Morgan fingerprint density at radius 1 is 1.19 bits per heavy atom. The number of pyridine rings is 1. The molecule has 1 aliphatic heterocycles. The van der Waals surface area contributed by atoms with Crippen molar-refractivity contribution in [3.63, 3.8) is 0 Å². The van der Waals surface area contributed by atoms with E-state index < -0.39 is 11.6 Å². The molecular weight excluding hydrogens is 274 g/mol. The summed E-state index contributed by atoms with van der Waals surface area (Å²) in [4.78, 5) is 6.37. The van der Waals surface area contributed by atoms with Crippen molar-refractivity contribution in [2.45, 2.75) is 39.2 Å². The molecule has 0 aromatic carbocycles. The van der Waals surface area contributed by atoms with Crippen molar-refractivity contribution in [1.82, 2.24) is 9.88 Å². The second kappa shape index (κ2) is 7.54. The third kappa shape index (κ3) is 4.52. The van der Waals surface area contributed by atoms with Crippen molar-refractivity contribution in [3.05, 3.63) is 17.7 Å². The minimum atomic E-state index is -0.663. The smallest absolute Gasteiger partial charge is 0.168 e. The molecule has 1 aromatic rings. The molecule has 4 nitrogen and oxygen atoms in total. The van der Waals surface area contributed by atoms with Gasteiger partial charge in [-0.3, -0.25) is 0 Å².